The minimum absolute atomic E-state index is 0.350. The Hall–Kier alpha value is -2.31. The summed E-state index contributed by atoms with van der Waals surface area (Å²) in [6.07, 6.45) is 0.195. The van der Waals surface area contributed by atoms with Gasteiger partial charge >= 0.3 is 6.18 Å². The van der Waals surface area contributed by atoms with Gasteiger partial charge in [0.2, 0.25) is 0 Å². The van der Waals surface area contributed by atoms with E-state index in [1.165, 1.54) is 12.3 Å². The summed E-state index contributed by atoms with van der Waals surface area (Å²) >= 11 is 0. The lowest BCUT2D eigenvalue weighted by Gasteiger charge is -2.40. The standard InChI is InChI=1S/C15H14F3N3O/c16-15(17,18)14-4-3-12(6-20-14)21-8-11(9-21)10-22-13-2-1-5-19-7-13/h1-7,11H,8-10H2. The Morgan fingerprint density at radius 2 is 2.00 bits per heavy atom. The van der Waals surface area contributed by atoms with Gasteiger partial charge in [-0.15, -0.1) is 0 Å². The van der Waals surface area contributed by atoms with Gasteiger partial charge in [-0.05, 0) is 24.3 Å². The first-order valence-electron chi connectivity index (χ1n) is 6.83. The SMILES string of the molecule is FC(F)(F)c1ccc(N2CC(COc3cccnc3)C2)cn1. The van der Waals surface area contributed by atoms with Crippen LogP contribution in [0.1, 0.15) is 5.69 Å². The fourth-order valence-electron chi connectivity index (χ4n) is 2.27. The Kier molecular flexibility index (Phi) is 3.87. The number of pyridine rings is 2. The fraction of sp³-hybridized carbons (Fsp3) is 0.333. The fourth-order valence-corrected chi connectivity index (χ4v) is 2.27. The molecule has 22 heavy (non-hydrogen) atoms. The van der Waals surface area contributed by atoms with Crippen LogP contribution < -0.4 is 9.64 Å². The highest BCUT2D eigenvalue weighted by Crippen LogP contribution is 2.30. The zero-order valence-electron chi connectivity index (χ0n) is 11.6. The summed E-state index contributed by atoms with van der Waals surface area (Å²) in [6, 6.07) is 6.10. The monoisotopic (exact) mass is 309 g/mol. The number of halogens is 3. The maximum atomic E-state index is 12.4. The maximum absolute atomic E-state index is 12.4. The largest absolute Gasteiger partial charge is 0.492 e. The molecule has 116 valence electrons. The van der Waals surface area contributed by atoms with E-state index in [-0.39, 0.29) is 0 Å². The molecule has 1 aliphatic rings. The Labute approximate surface area is 125 Å². The third-order valence-corrected chi connectivity index (χ3v) is 3.48. The van der Waals surface area contributed by atoms with Crippen molar-refractivity contribution < 1.29 is 17.9 Å². The molecular weight excluding hydrogens is 295 g/mol. The second-order valence-corrected chi connectivity index (χ2v) is 5.17. The van der Waals surface area contributed by atoms with Gasteiger partial charge in [-0.1, -0.05) is 0 Å². The van der Waals surface area contributed by atoms with Crippen LogP contribution in [-0.2, 0) is 6.18 Å². The van der Waals surface area contributed by atoms with Crippen LogP contribution in [0.5, 0.6) is 5.75 Å². The van der Waals surface area contributed by atoms with Gasteiger partial charge in [-0.3, -0.25) is 4.98 Å². The molecule has 0 aromatic carbocycles. The predicted octanol–water partition coefficient (Wildman–Crippen LogP) is 3.01. The van der Waals surface area contributed by atoms with Crippen molar-refractivity contribution in [1.82, 2.24) is 9.97 Å². The second kappa shape index (κ2) is 5.82. The van der Waals surface area contributed by atoms with E-state index in [4.69, 9.17) is 4.74 Å². The number of hydrogen-bond donors (Lipinski definition) is 0. The number of rotatable bonds is 4. The van der Waals surface area contributed by atoms with Gasteiger partial charge in [0.15, 0.2) is 0 Å². The lowest BCUT2D eigenvalue weighted by Crippen LogP contribution is -2.49. The summed E-state index contributed by atoms with van der Waals surface area (Å²) in [4.78, 5) is 9.40. The zero-order valence-corrected chi connectivity index (χ0v) is 11.6. The second-order valence-electron chi connectivity index (χ2n) is 5.17. The van der Waals surface area contributed by atoms with E-state index >= 15 is 0 Å². The van der Waals surface area contributed by atoms with Gasteiger partial charge in [-0.2, -0.15) is 13.2 Å². The molecule has 1 saturated heterocycles. The number of alkyl halides is 3. The third kappa shape index (κ3) is 3.29. The Morgan fingerprint density at radius 1 is 1.18 bits per heavy atom. The molecule has 7 heteroatoms. The molecular formula is C15H14F3N3O. The van der Waals surface area contributed by atoms with Gasteiger partial charge in [0, 0.05) is 25.2 Å². The van der Waals surface area contributed by atoms with E-state index in [1.54, 1.807) is 18.5 Å². The Morgan fingerprint density at radius 3 is 2.59 bits per heavy atom. The molecule has 0 atom stereocenters. The van der Waals surface area contributed by atoms with Crippen molar-refractivity contribution in [3.63, 3.8) is 0 Å². The van der Waals surface area contributed by atoms with Crippen LogP contribution in [-0.4, -0.2) is 29.7 Å². The van der Waals surface area contributed by atoms with Crippen LogP contribution in [0.4, 0.5) is 18.9 Å². The number of aromatic nitrogens is 2. The van der Waals surface area contributed by atoms with Crippen LogP contribution >= 0.6 is 0 Å². The first-order chi connectivity index (χ1) is 10.5. The molecule has 0 aliphatic carbocycles. The van der Waals surface area contributed by atoms with Gasteiger partial charge in [0.05, 0.1) is 24.7 Å². The zero-order chi connectivity index (χ0) is 15.6. The van der Waals surface area contributed by atoms with E-state index in [2.05, 4.69) is 9.97 Å². The number of nitrogens with zero attached hydrogens (tertiary/aromatic N) is 3. The molecule has 0 N–H and O–H groups in total. The first-order valence-corrected chi connectivity index (χ1v) is 6.83. The molecule has 0 bridgehead atoms. The molecule has 0 spiro atoms. The van der Waals surface area contributed by atoms with Crippen molar-refractivity contribution in [1.29, 1.82) is 0 Å². The van der Waals surface area contributed by atoms with Crippen molar-refractivity contribution in [2.45, 2.75) is 6.18 Å². The summed E-state index contributed by atoms with van der Waals surface area (Å²) in [6.45, 7) is 2.05. The number of anilines is 1. The van der Waals surface area contributed by atoms with Crippen molar-refractivity contribution in [2.24, 2.45) is 5.92 Å². The molecule has 0 unspecified atom stereocenters. The van der Waals surface area contributed by atoms with Crippen molar-refractivity contribution in [2.75, 3.05) is 24.6 Å². The number of ether oxygens (including phenoxy) is 1. The lowest BCUT2D eigenvalue weighted by molar-refractivity contribution is -0.141. The van der Waals surface area contributed by atoms with Gasteiger partial charge in [-0.25, -0.2) is 4.98 Å². The molecule has 3 rings (SSSR count). The molecule has 4 nitrogen and oxygen atoms in total. The average molecular weight is 309 g/mol. The summed E-state index contributed by atoms with van der Waals surface area (Å²) < 4.78 is 42.9. The van der Waals surface area contributed by atoms with Crippen molar-refractivity contribution in [3.05, 3.63) is 48.5 Å². The third-order valence-electron chi connectivity index (χ3n) is 3.48. The van der Waals surface area contributed by atoms with Crippen LogP contribution in [0.15, 0.2) is 42.9 Å². The molecule has 1 fully saturated rings. The smallest absolute Gasteiger partial charge is 0.433 e. The summed E-state index contributed by atoms with van der Waals surface area (Å²) in [5, 5.41) is 0. The van der Waals surface area contributed by atoms with Gasteiger partial charge < -0.3 is 9.64 Å². The van der Waals surface area contributed by atoms with E-state index < -0.39 is 11.9 Å². The Balaban J connectivity index is 1.49. The molecule has 3 heterocycles. The summed E-state index contributed by atoms with van der Waals surface area (Å²) in [5.74, 6) is 1.07. The predicted molar refractivity (Wildman–Crippen MR) is 74.7 cm³/mol. The van der Waals surface area contributed by atoms with Gasteiger partial charge in [0.25, 0.3) is 0 Å². The highest BCUT2D eigenvalue weighted by molar-refractivity contribution is 5.47. The maximum Gasteiger partial charge on any atom is 0.433 e. The van der Waals surface area contributed by atoms with Gasteiger partial charge in [0.1, 0.15) is 11.4 Å². The Bertz CT molecular complexity index is 610. The topological polar surface area (TPSA) is 38.2 Å². The normalized spacial score (nSPS) is 15.5. The molecule has 2 aromatic rings. The minimum Gasteiger partial charge on any atom is -0.492 e. The van der Waals surface area contributed by atoms with E-state index in [9.17, 15) is 13.2 Å². The average Bonchev–Trinajstić information content (AvgIpc) is 2.46. The van der Waals surface area contributed by atoms with Crippen molar-refractivity contribution in [3.8, 4) is 5.75 Å². The quantitative estimate of drug-likeness (QED) is 0.870. The molecule has 0 saturated carbocycles. The molecule has 1 aliphatic heterocycles. The molecule has 0 radical (unpaired) electrons. The summed E-state index contributed by atoms with van der Waals surface area (Å²) in [7, 11) is 0. The lowest BCUT2D eigenvalue weighted by atomic mass is 10.0. The van der Waals surface area contributed by atoms with Crippen LogP contribution in [0.2, 0.25) is 0 Å². The highest BCUT2D eigenvalue weighted by Gasteiger charge is 2.33. The first kappa shape index (κ1) is 14.6. The van der Waals surface area contributed by atoms with E-state index in [1.807, 2.05) is 11.0 Å². The summed E-state index contributed by atoms with van der Waals surface area (Å²) in [5.41, 5.74) is -0.168. The van der Waals surface area contributed by atoms with Crippen LogP contribution in [0.25, 0.3) is 0 Å². The molecule has 0 amide bonds. The minimum atomic E-state index is -4.40. The van der Waals surface area contributed by atoms with Crippen LogP contribution in [0, 0.1) is 5.92 Å². The highest BCUT2D eigenvalue weighted by atomic mass is 19.4. The van der Waals surface area contributed by atoms with Crippen molar-refractivity contribution >= 4 is 5.69 Å². The molecule has 2 aromatic heterocycles. The van der Waals surface area contributed by atoms with Crippen LogP contribution in [0.3, 0.4) is 0 Å². The van der Waals surface area contributed by atoms with E-state index in [0.29, 0.717) is 18.2 Å². The van der Waals surface area contributed by atoms with E-state index in [0.717, 1.165) is 24.9 Å². The number of hydrogen-bond acceptors (Lipinski definition) is 4.